The van der Waals surface area contributed by atoms with Gasteiger partial charge in [-0.1, -0.05) is 12.1 Å². The van der Waals surface area contributed by atoms with Crippen molar-refractivity contribution in [1.82, 2.24) is 0 Å². The van der Waals surface area contributed by atoms with Crippen LogP contribution in [0.15, 0.2) is 24.3 Å². The normalized spacial score (nSPS) is 24.9. The first kappa shape index (κ1) is 7.85. The van der Waals surface area contributed by atoms with Crippen LogP contribution in [0.2, 0.25) is 0 Å². The smallest absolute Gasteiger partial charge is 0.247 e. The van der Waals surface area contributed by atoms with Gasteiger partial charge in [0.25, 0.3) is 0 Å². The maximum absolute atomic E-state index is 11.7. The van der Waals surface area contributed by atoms with Gasteiger partial charge >= 0.3 is 0 Å². The Morgan fingerprint density at radius 3 is 2.57 bits per heavy atom. The Hall–Kier alpha value is -1.51. The molecule has 3 heteroatoms. The van der Waals surface area contributed by atoms with Crippen molar-refractivity contribution in [2.45, 2.75) is 18.9 Å². The second kappa shape index (κ2) is 2.74. The number of amides is 1. The Morgan fingerprint density at radius 1 is 1.14 bits per heavy atom. The molecule has 0 radical (unpaired) electrons. The molecule has 72 valence electrons. The lowest BCUT2D eigenvalue weighted by Gasteiger charge is -2.26. The number of anilines is 2. The van der Waals surface area contributed by atoms with Gasteiger partial charge in [-0.3, -0.25) is 4.79 Å². The zero-order valence-electron chi connectivity index (χ0n) is 7.79. The molecule has 1 aliphatic carbocycles. The average Bonchev–Trinajstić information content (AvgIpc) is 3.00. The van der Waals surface area contributed by atoms with Gasteiger partial charge in [0.1, 0.15) is 6.04 Å². The number of hydrogen-bond donors (Lipinski definition) is 2. The lowest BCUT2D eigenvalue weighted by molar-refractivity contribution is -0.117. The van der Waals surface area contributed by atoms with Crippen LogP contribution in [-0.4, -0.2) is 11.9 Å². The highest BCUT2D eigenvalue weighted by molar-refractivity contribution is 6.03. The first-order chi connectivity index (χ1) is 6.84. The summed E-state index contributed by atoms with van der Waals surface area (Å²) in [6, 6.07) is 7.82. The summed E-state index contributed by atoms with van der Waals surface area (Å²) < 4.78 is 0. The van der Waals surface area contributed by atoms with E-state index in [-0.39, 0.29) is 11.9 Å². The molecule has 2 aliphatic rings. The number of fused-ring (bicyclic) bond motifs is 1. The Labute approximate surface area is 82.5 Å². The van der Waals surface area contributed by atoms with Crippen LogP contribution in [0, 0.1) is 5.92 Å². The van der Waals surface area contributed by atoms with E-state index in [1.165, 1.54) is 12.8 Å². The lowest BCUT2D eigenvalue weighted by atomic mass is 10.1. The summed E-state index contributed by atoms with van der Waals surface area (Å²) in [5.41, 5.74) is 1.94. The summed E-state index contributed by atoms with van der Waals surface area (Å²) >= 11 is 0. The van der Waals surface area contributed by atoms with E-state index >= 15 is 0 Å². The molecule has 1 aliphatic heterocycles. The molecule has 0 spiro atoms. The molecule has 14 heavy (non-hydrogen) atoms. The first-order valence-corrected chi connectivity index (χ1v) is 5.01. The van der Waals surface area contributed by atoms with E-state index in [0.29, 0.717) is 5.92 Å². The van der Waals surface area contributed by atoms with Crippen molar-refractivity contribution in [3.63, 3.8) is 0 Å². The van der Waals surface area contributed by atoms with Crippen molar-refractivity contribution in [1.29, 1.82) is 0 Å². The summed E-state index contributed by atoms with van der Waals surface area (Å²) in [6.07, 6.45) is 2.35. The van der Waals surface area contributed by atoms with Gasteiger partial charge in [-0.25, -0.2) is 0 Å². The van der Waals surface area contributed by atoms with Gasteiger partial charge in [-0.15, -0.1) is 0 Å². The summed E-state index contributed by atoms with van der Waals surface area (Å²) in [4.78, 5) is 11.7. The predicted octanol–water partition coefficient (Wildman–Crippen LogP) is 1.83. The number of carbonyl (C=O) groups excluding carboxylic acids is 1. The molecule has 1 fully saturated rings. The fraction of sp³-hybridized carbons (Fsp3) is 0.364. The predicted molar refractivity (Wildman–Crippen MR) is 55.2 cm³/mol. The van der Waals surface area contributed by atoms with Crippen molar-refractivity contribution >= 4 is 17.3 Å². The van der Waals surface area contributed by atoms with Crippen LogP contribution >= 0.6 is 0 Å². The molecule has 3 rings (SSSR count). The molecule has 1 saturated carbocycles. The molecular weight excluding hydrogens is 176 g/mol. The summed E-state index contributed by atoms with van der Waals surface area (Å²) in [5.74, 6) is 0.662. The fourth-order valence-corrected chi connectivity index (χ4v) is 1.92. The molecule has 1 atom stereocenters. The van der Waals surface area contributed by atoms with E-state index in [4.69, 9.17) is 0 Å². The summed E-state index contributed by atoms with van der Waals surface area (Å²) in [5, 5.41) is 6.23. The Balaban J connectivity index is 1.94. The number of benzene rings is 1. The molecule has 2 N–H and O–H groups in total. The monoisotopic (exact) mass is 188 g/mol. The van der Waals surface area contributed by atoms with Crippen LogP contribution in [0.25, 0.3) is 0 Å². The third kappa shape index (κ3) is 1.16. The van der Waals surface area contributed by atoms with Crippen LogP contribution in [0.4, 0.5) is 11.4 Å². The summed E-state index contributed by atoms with van der Waals surface area (Å²) in [7, 11) is 0. The van der Waals surface area contributed by atoms with Crippen molar-refractivity contribution in [2.24, 2.45) is 5.92 Å². The Morgan fingerprint density at radius 2 is 1.86 bits per heavy atom. The zero-order chi connectivity index (χ0) is 9.54. The van der Waals surface area contributed by atoms with E-state index in [1.807, 2.05) is 24.3 Å². The van der Waals surface area contributed by atoms with E-state index < -0.39 is 0 Å². The highest BCUT2D eigenvalue weighted by Crippen LogP contribution is 2.38. The summed E-state index contributed by atoms with van der Waals surface area (Å²) in [6.45, 7) is 0. The van der Waals surface area contributed by atoms with Gasteiger partial charge in [0.05, 0.1) is 11.4 Å². The van der Waals surface area contributed by atoms with Crippen LogP contribution < -0.4 is 10.6 Å². The van der Waals surface area contributed by atoms with Crippen LogP contribution in [0.3, 0.4) is 0 Å². The van der Waals surface area contributed by atoms with E-state index in [1.54, 1.807) is 0 Å². The number of carbonyl (C=O) groups is 1. The van der Waals surface area contributed by atoms with E-state index in [0.717, 1.165) is 11.4 Å². The standard InChI is InChI=1S/C11H12N2O/c14-11-10(7-5-6-7)12-8-3-1-2-4-9(8)13-11/h1-4,7,10,12H,5-6H2,(H,13,14)/t10-/m0/s1. The molecule has 3 nitrogen and oxygen atoms in total. The first-order valence-electron chi connectivity index (χ1n) is 5.01. The van der Waals surface area contributed by atoms with Crippen molar-refractivity contribution < 1.29 is 4.79 Å². The topological polar surface area (TPSA) is 41.1 Å². The number of rotatable bonds is 1. The van der Waals surface area contributed by atoms with Gasteiger partial charge in [0.15, 0.2) is 0 Å². The van der Waals surface area contributed by atoms with Gasteiger partial charge in [0.2, 0.25) is 5.91 Å². The lowest BCUT2D eigenvalue weighted by Crippen LogP contribution is -2.40. The average molecular weight is 188 g/mol. The molecule has 0 saturated heterocycles. The highest BCUT2D eigenvalue weighted by atomic mass is 16.2. The molecule has 1 heterocycles. The minimum atomic E-state index is -0.00935. The highest BCUT2D eigenvalue weighted by Gasteiger charge is 2.38. The second-order valence-electron chi connectivity index (χ2n) is 3.99. The van der Waals surface area contributed by atoms with Gasteiger partial charge in [0, 0.05) is 0 Å². The molecule has 0 bridgehead atoms. The molecule has 0 aromatic heterocycles. The maximum atomic E-state index is 11.7. The molecular formula is C11H12N2O. The molecule has 1 amide bonds. The third-order valence-electron chi connectivity index (χ3n) is 2.87. The minimum absolute atomic E-state index is 0.00935. The quantitative estimate of drug-likeness (QED) is 0.706. The van der Waals surface area contributed by atoms with Crippen molar-refractivity contribution in [3.05, 3.63) is 24.3 Å². The molecule has 0 unspecified atom stereocenters. The third-order valence-corrected chi connectivity index (χ3v) is 2.87. The van der Waals surface area contributed by atoms with Crippen LogP contribution in [0.1, 0.15) is 12.8 Å². The van der Waals surface area contributed by atoms with Gasteiger partial charge in [-0.05, 0) is 30.9 Å². The maximum Gasteiger partial charge on any atom is 0.247 e. The zero-order valence-corrected chi connectivity index (χ0v) is 7.79. The second-order valence-corrected chi connectivity index (χ2v) is 3.99. The van der Waals surface area contributed by atoms with Crippen molar-refractivity contribution in [2.75, 3.05) is 10.6 Å². The van der Waals surface area contributed by atoms with Crippen LogP contribution in [0.5, 0.6) is 0 Å². The molecule has 1 aromatic carbocycles. The molecule has 1 aromatic rings. The number of nitrogens with one attached hydrogen (secondary N) is 2. The van der Waals surface area contributed by atoms with E-state index in [2.05, 4.69) is 10.6 Å². The Bertz CT molecular complexity index is 385. The number of hydrogen-bond acceptors (Lipinski definition) is 2. The largest absolute Gasteiger partial charge is 0.372 e. The van der Waals surface area contributed by atoms with E-state index in [9.17, 15) is 4.79 Å². The fourth-order valence-electron chi connectivity index (χ4n) is 1.92. The van der Waals surface area contributed by atoms with Crippen LogP contribution in [-0.2, 0) is 4.79 Å². The number of para-hydroxylation sites is 2. The van der Waals surface area contributed by atoms with Gasteiger partial charge < -0.3 is 10.6 Å². The minimum Gasteiger partial charge on any atom is -0.372 e. The Kier molecular flexibility index (Phi) is 1.54. The SMILES string of the molecule is O=C1Nc2ccccc2N[C@H]1C1CC1. The van der Waals surface area contributed by atoms with Gasteiger partial charge in [-0.2, -0.15) is 0 Å². The van der Waals surface area contributed by atoms with Crippen molar-refractivity contribution in [3.8, 4) is 0 Å².